The quantitative estimate of drug-likeness (QED) is 0.117. The van der Waals surface area contributed by atoms with E-state index in [9.17, 15) is 14.7 Å². The van der Waals surface area contributed by atoms with Crippen LogP contribution in [0.25, 0.3) is 5.76 Å². The van der Waals surface area contributed by atoms with E-state index in [4.69, 9.17) is 14.2 Å². The van der Waals surface area contributed by atoms with Gasteiger partial charge in [-0.05, 0) is 65.9 Å². The van der Waals surface area contributed by atoms with Gasteiger partial charge in [0.15, 0.2) is 11.5 Å². The summed E-state index contributed by atoms with van der Waals surface area (Å²) in [5, 5.41) is 11.5. The highest BCUT2D eigenvalue weighted by Gasteiger charge is 2.46. The van der Waals surface area contributed by atoms with Crippen molar-refractivity contribution >= 4 is 17.4 Å². The predicted molar refractivity (Wildman–Crippen MR) is 165 cm³/mol. The summed E-state index contributed by atoms with van der Waals surface area (Å²) in [7, 11) is 1.54. The summed E-state index contributed by atoms with van der Waals surface area (Å²) >= 11 is 0. The Morgan fingerprint density at radius 2 is 1.40 bits per heavy atom. The summed E-state index contributed by atoms with van der Waals surface area (Å²) in [5.74, 6) is 0.0653. The van der Waals surface area contributed by atoms with Crippen LogP contribution in [0.2, 0.25) is 0 Å². The molecule has 43 heavy (non-hydrogen) atoms. The SMILES string of the molecule is CCCN1C(=O)C(=O)/C(=C(/O)c2ccc(OCc3ccccc3)c(C)c2)C1c1ccc(OCc2ccccc2)c(OC)c1. The zero-order valence-corrected chi connectivity index (χ0v) is 24.6. The lowest BCUT2D eigenvalue weighted by Crippen LogP contribution is -2.30. The largest absolute Gasteiger partial charge is 0.507 e. The van der Waals surface area contributed by atoms with Gasteiger partial charge in [0.05, 0.1) is 18.7 Å². The Morgan fingerprint density at radius 3 is 1.98 bits per heavy atom. The Hall–Kier alpha value is -5.04. The third kappa shape index (κ3) is 6.41. The average molecular weight is 578 g/mol. The molecular weight excluding hydrogens is 542 g/mol. The number of carbonyl (C=O) groups excluding carboxylic acids is 2. The molecule has 4 aromatic rings. The van der Waals surface area contributed by atoms with Crippen molar-refractivity contribution < 1.29 is 28.9 Å². The molecule has 220 valence electrons. The van der Waals surface area contributed by atoms with Gasteiger partial charge in [-0.3, -0.25) is 9.59 Å². The van der Waals surface area contributed by atoms with Crippen molar-refractivity contribution in [2.24, 2.45) is 0 Å². The fourth-order valence-electron chi connectivity index (χ4n) is 5.26. The normalized spacial score (nSPS) is 15.9. The van der Waals surface area contributed by atoms with Gasteiger partial charge in [0.2, 0.25) is 0 Å². The van der Waals surface area contributed by atoms with Crippen LogP contribution in [0.4, 0.5) is 0 Å². The first-order valence-electron chi connectivity index (χ1n) is 14.3. The second-order valence-electron chi connectivity index (χ2n) is 10.4. The highest BCUT2D eigenvalue weighted by Crippen LogP contribution is 2.42. The highest BCUT2D eigenvalue weighted by atomic mass is 16.5. The van der Waals surface area contributed by atoms with Crippen molar-refractivity contribution in [1.29, 1.82) is 0 Å². The number of carbonyl (C=O) groups is 2. The fraction of sp³-hybridized carbons (Fsp3) is 0.222. The molecule has 5 rings (SSSR count). The third-order valence-corrected chi connectivity index (χ3v) is 7.43. The molecule has 0 radical (unpaired) electrons. The number of benzene rings is 4. The summed E-state index contributed by atoms with van der Waals surface area (Å²) in [5.41, 5.74) is 3.95. The van der Waals surface area contributed by atoms with Crippen molar-refractivity contribution in [3.63, 3.8) is 0 Å². The van der Waals surface area contributed by atoms with Crippen LogP contribution in [0.15, 0.2) is 103 Å². The first kappa shape index (κ1) is 29.5. The molecule has 1 aliphatic rings. The Balaban J connectivity index is 1.47. The number of aliphatic hydroxyl groups is 1. The molecule has 7 nitrogen and oxygen atoms in total. The smallest absolute Gasteiger partial charge is 0.295 e. The van der Waals surface area contributed by atoms with Crippen LogP contribution < -0.4 is 14.2 Å². The molecule has 1 heterocycles. The zero-order chi connectivity index (χ0) is 30.3. The minimum Gasteiger partial charge on any atom is -0.507 e. The first-order valence-corrected chi connectivity index (χ1v) is 14.3. The molecule has 1 N–H and O–H groups in total. The third-order valence-electron chi connectivity index (χ3n) is 7.43. The number of amides is 1. The number of likely N-dealkylation sites (tertiary alicyclic amines) is 1. The van der Waals surface area contributed by atoms with E-state index < -0.39 is 17.7 Å². The number of aryl methyl sites for hydroxylation is 1. The molecule has 0 bridgehead atoms. The molecule has 1 atom stereocenters. The van der Waals surface area contributed by atoms with Crippen LogP contribution >= 0.6 is 0 Å². The van der Waals surface area contributed by atoms with Crippen LogP contribution in [0.5, 0.6) is 17.2 Å². The maximum Gasteiger partial charge on any atom is 0.295 e. The number of nitrogens with zero attached hydrogens (tertiary/aromatic N) is 1. The molecule has 1 saturated heterocycles. The number of Topliss-reactive ketones (excluding diaryl/α,β-unsaturated/α-hetero) is 1. The minimum absolute atomic E-state index is 0.0378. The van der Waals surface area contributed by atoms with E-state index in [1.54, 1.807) is 43.5 Å². The maximum atomic E-state index is 13.4. The van der Waals surface area contributed by atoms with Crippen LogP contribution in [0.3, 0.4) is 0 Å². The summed E-state index contributed by atoms with van der Waals surface area (Å²) in [6.07, 6.45) is 0.644. The number of rotatable bonds is 11. The van der Waals surface area contributed by atoms with Gasteiger partial charge in [-0.2, -0.15) is 0 Å². The van der Waals surface area contributed by atoms with Crippen molar-refractivity contribution in [3.05, 3.63) is 130 Å². The Bertz CT molecular complexity index is 1630. The van der Waals surface area contributed by atoms with Gasteiger partial charge in [0, 0.05) is 12.1 Å². The monoisotopic (exact) mass is 577 g/mol. The summed E-state index contributed by atoms with van der Waals surface area (Å²) in [6.45, 7) is 4.93. The number of aliphatic hydroxyl groups excluding tert-OH is 1. The standard InChI is InChI=1S/C36H35NO6/c1-4-19-37-33(27-15-18-30(31(21-27)41-3)43-23-26-13-9-6-10-14-26)32(35(39)36(37)40)34(38)28-16-17-29(24(2)20-28)42-22-25-11-7-5-8-12-25/h5-18,20-21,33,38H,4,19,22-23H2,1-3H3/b34-32+. The van der Waals surface area contributed by atoms with E-state index in [0.717, 1.165) is 16.7 Å². The van der Waals surface area contributed by atoms with Crippen LogP contribution in [0.1, 0.15) is 47.2 Å². The topological polar surface area (TPSA) is 85.3 Å². The number of methoxy groups -OCH3 is 1. The Kier molecular flexibility index (Phi) is 9.11. The molecule has 4 aromatic carbocycles. The maximum absolute atomic E-state index is 13.4. The van der Waals surface area contributed by atoms with Crippen LogP contribution in [-0.2, 0) is 22.8 Å². The van der Waals surface area contributed by atoms with Crippen LogP contribution in [0, 0.1) is 6.92 Å². The number of ketones is 1. The molecule has 1 aliphatic heterocycles. The molecule has 0 spiro atoms. The van der Waals surface area contributed by atoms with Gasteiger partial charge in [-0.25, -0.2) is 0 Å². The molecule has 1 amide bonds. The average Bonchev–Trinajstić information content (AvgIpc) is 3.29. The van der Waals surface area contributed by atoms with Gasteiger partial charge < -0.3 is 24.2 Å². The van der Waals surface area contributed by atoms with Crippen molar-refractivity contribution in [2.75, 3.05) is 13.7 Å². The number of hydrogen-bond acceptors (Lipinski definition) is 6. The molecule has 0 aliphatic carbocycles. The molecule has 7 heteroatoms. The second-order valence-corrected chi connectivity index (χ2v) is 10.4. The molecule has 0 aromatic heterocycles. The summed E-state index contributed by atoms with van der Waals surface area (Å²) < 4.78 is 17.7. The lowest BCUT2D eigenvalue weighted by Gasteiger charge is -2.25. The minimum atomic E-state index is -0.786. The van der Waals surface area contributed by atoms with Crippen LogP contribution in [-0.4, -0.2) is 35.4 Å². The van der Waals surface area contributed by atoms with Gasteiger partial charge in [-0.15, -0.1) is 0 Å². The summed E-state index contributed by atoms with van der Waals surface area (Å²) in [4.78, 5) is 28.1. The lowest BCUT2D eigenvalue weighted by molar-refractivity contribution is -0.139. The Labute approximate surface area is 252 Å². The van der Waals surface area contributed by atoms with Crippen molar-refractivity contribution in [3.8, 4) is 17.2 Å². The second kappa shape index (κ2) is 13.3. The lowest BCUT2D eigenvalue weighted by atomic mass is 9.94. The molecule has 1 unspecified atom stereocenters. The van der Waals surface area contributed by atoms with Crippen molar-refractivity contribution in [1.82, 2.24) is 4.90 Å². The van der Waals surface area contributed by atoms with E-state index in [1.165, 1.54) is 4.90 Å². The predicted octanol–water partition coefficient (Wildman–Crippen LogP) is 6.99. The van der Waals surface area contributed by atoms with Gasteiger partial charge in [0.1, 0.15) is 24.7 Å². The van der Waals surface area contributed by atoms with Gasteiger partial charge >= 0.3 is 0 Å². The van der Waals surface area contributed by atoms with Gasteiger partial charge in [0.25, 0.3) is 11.7 Å². The number of ether oxygens (including phenoxy) is 3. The molecular formula is C36H35NO6. The van der Waals surface area contributed by atoms with Gasteiger partial charge in [-0.1, -0.05) is 73.7 Å². The number of hydrogen-bond donors (Lipinski definition) is 1. The Morgan fingerprint density at radius 1 is 0.791 bits per heavy atom. The zero-order valence-electron chi connectivity index (χ0n) is 24.6. The van der Waals surface area contributed by atoms with Crippen molar-refractivity contribution in [2.45, 2.75) is 39.5 Å². The van der Waals surface area contributed by atoms with E-state index in [-0.39, 0.29) is 11.3 Å². The highest BCUT2D eigenvalue weighted by molar-refractivity contribution is 6.46. The van der Waals surface area contributed by atoms with E-state index >= 15 is 0 Å². The fourth-order valence-corrected chi connectivity index (χ4v) is 5.26. The molecule has 0 saturated carbocycles. The molecule has 1 fully saturated rings. The van der Waals surface area contributed by atoms with E-state index in [0.29, 0.717) is 54.6 Å². The first-order chi connectivity index (χ1) is 20.9. The van der Waals surface area contributed by atoms with E-state index in [2.05, 4.69) is 0 Å². The van der Waals surface area contributed by atoms with E-state index in [1.807, 2.05) is 74.5 Å². The summed E-state index contributed by atoms with van der Waals surface area (Å²) in [6, 6.07) is 29.4.